The summed E-state index contributed by atoms with van der Waals surface area (Å²) in [6, 6.07) is 6.63. The molecule has 0 radical (unpaired) electrons. The largest absolute Gasteiger partial charge is 0.396 e. The Morgan fingerprint density at radius 2 is 2.10 bits per heavy atom. The molecule has 21 heavy (non-hydrogen) atoms. The fourth-order valence-electron chi connectivity index (χ4n) is 3.41. The first-order valence-electron chi connectivity index (χ1n) is 7.65. The van der Waals surface area contributed by atoms with Crippen LogP contribution >= 0.6 is 15.9 Å². The van der Waals surface area contributed by atoms with E-state index in [1.807, 2.05) is 12.1 Å². The summed E-state index contributed by atoms with van der Waals surface area (Å²) in [6.45, 7) is 4.68. The molecule has 0 spiro atoms. The fraction of sp³-hybridized carbons (Fsp3) is 0.471. The molecular formula is C17H22BrN3. The standard InChI is InChI=1S/C17H22BrN3/c1-10-3-5-15(11(2)7-10)21-17-13-8-12(18)4-6-16(13)20-9-14(17)19/h4,6,8-11,15H,3,5,7,19H2,1-2H3,(H,20,21). The number of nitrogen functional groups attached to an aromatic ring is 1. The van der Waals surface area contributed by atoms with Crippen molar-refractivity contribution >= 4 is 38.2 Å². The number of fused-ring (bicyclic) bond motifs is 1. The van der Waals surface area contributed by atoms with E-state index in [-0.39, 0.29) is 0 Å². The van der Waals surface area contributed by atoms with Gasteiger partial charge < -0.3 is 11.1 Å². The summed E-state index contributed by atoms with van der Waals surface area (Å²) in [5, 5.41) is 4.80. The van der Waals surface area contributed by atoms with Gasteiger partial charge in [-0.05, 0) is 49.3 Å². The van der Waals surface area contributed by atoms with E-state index >= 15 is 0 Å². The van der Waals surface area contributed by atoms with Crippen LogP contribution in [0.3, 0.4) is 0 Å². The van der Waals surface area contributed by atoms with Crippen molar-refractivity contribution in [2.24, 2.45) is 11.8 Å². The maximum Gasteiger partial charge on any atom is 0.0743 e. The van der Waals surface area contributed by atoms with Crippen LogP contribution in [-0.2, 0) is 0 Å². The maximum atomic E-state index is 6.19. The molecule has 2 aromatic rings. The summed E-state index contributed by atoms with van der Waals surface area (Å²) in [5.74, 6) is 1.50. The molecule has 3 atom stereocenters. The predicted octanol–water partition coefficient (Wildman–Crippen LogP) is 4.82. The number of halogens is 1. The average molecular weight is 348 g/mol. The van der Waals surface area contributed by atoms with Gasteiger partial charge in [0, 0.05) is 15.9 Å². The zero-order chi connectivity index (χ0) is 15.0. The molecule has 0 aliphatic heterocycles. The number of rotatable bonds is 2. The van der Waals surface area contributed by atoms with Gasteiger partial charge in [0.2, 0.25) is 0 Å². The van der Waals surface area contributed by atoms with Gasteiger partial charge in [0.05, 0.1) is 23.1 Å². The van der Waals surface area contributed by atoms with Gasteiger partial charge >= 0.3 is 0 Å². The molecule has 3 unspecified atom stereocenters. The molecule has 0 amide bonds. The quantitative estimate of drug-likeness (QED) is 0.818. The number of pyridine rings is 1. The molecule has 4 heteroatoms. The lowest BCUT2D eigenvalue weighted by atomic mass is 9.80. The van der Waals surface area contributed by atoms with Crippen LogP contribution in [0.25, 0.3) is 10.9 Å². The van der Waals surface area contributed by atoms with Crippen molar-refractivity contribution in [2.75, 3.05) is 11.1 Å². The first-order chi connectivity index (χ1) is 10.0. The molecule has 3 nitrogen and oxygen atoms in total. The zero-order valence-corrected chi connectivity index (χ0v) is 14.2. The number of nitrogens with one attached hydrogen (secondary N) is 1. The molecule has 3 N–H and O–H groups in total. The summed E-state index contributed by atoms with van der Waals surface area (Å²) in [4.78, 5) is 4.42. The minimum absolute atomic E-state index is 0.494. The van der Waals surface area contributed by atoms with Gasteiger partial charge in [0.25, 0.3) is 0 Å². The Kier molecular flexibility index (Phi) is 4.07. The summed E-state index contributed by atoms with van der Waals surface area (Å²) in [7, 11) is 0. The van der Waals surface area contributed by atoms with Gasteiger partial charge in [0.1, 0.15) is 0 Å². The molecule has 0 bridgehead atoms. The van der Waals surface area contributed by atoms with Crippen LogP contribution in [0.5, 0.6) is 0 Å². The second-order valence-electron chi connectivity index (χ2n) is 6.40. The number of hydrogen-bond acceptors (Lipinski definition) is 3. The first kappa shape index (κ1) is 14.6. The topological polar surface area (TPSA) is 50.9 Å². The van der Waals surface area contributed by atoms with Crippen molar-refractivity contribution in [3.8, 4) is 0 Å². The maximum absolute atomic E-state index is 6.19. The minimum Gasteiger partial charge on any atom is -0.396 e. The molecule has 1 aromatic heterocycles. The van der Waals surface area contributed by atoms with E-state index in [2.05, 4.69) is 46.1 Å². The zero-order valence-electron chi connectivity index (χ0n) is 12.6. The Balaban J connectivity index is 1.96. The molecule has 3 rings (SSSR count). The predicted molar refractivity (Wildman–Crippen MR) is 93.4 cm³/mol. The minimum atomic E-state index is 0.494. The number of nitrogens with two attached hydrogens (primary N) is 1. The van der Waals surface area contributed by atoms with Crippen LogP contribution < -0.4 is 11.1 Å². The molecule has 1 saturated carbocycles. The number of anilines is 2. The second-order valence-corrected chi connectivity index (χ2v) is 7.31. The Labute approximate surface area is 134 Å². The lowest BCUT2D eigenvalue weighted by molar-refractivity contribution is 0.277. The summed E-state index contributed by atoms with van der Waals surface area (Å²) < 4.78 is 1.05. The van der Waals surface area contributed by atoms with Crippen LogP contribution in [0.1, 0.15) is 33.1 Å². The Morgan fingerprint density at radius 3 is 2.86 bits per heavy atom. The van der Waals surface area contributed by atoms with Gasteiger partial charge in [-0.3, -0.25) is 4.98 Å². The summed E-state index contributed by atoms with van der Waals surface area (Å²) in [5.41, 5.74) is 8.93. The molecule has 112 valence electrons. The Hall–Kier alpha value is -1.29. The van der Waals surface area contributed by atoms with E-state index in [1.165, 1.54) is 19.3 Å². The highest BCUT2D eigenvalue weighted by molar-refractivity contribution is 9.10. The van der Waals surface area contributed by atoms with E-state index in [1.54, 1.807) is 6.20 Å². The van der Waals surface area contributed by atoms with Gasteiger partial charge in [-0.15, -0.1) is 0 Å². The third-order valence-electron chi connectivity index (χ3n) is 4.62. The molecule has 1 fully saturated rings. The molecule has 0 saturated heterocycles. The molecule has 1 aliphatic carbocycles. The van der Waals surface area contributed by atoms with Crippen molar-refractivity contribution in [3.63, 3.8) is 0 Å². The fourth-order valence-corrected chi connectivity index (χ4v) is 3.77. The van der Waals surface area contributed by atoms with Crippen LogP contribution in [-0.4, -0.2) is 11.0 Å². The van der Waals surface area contributed by atoms with Gasteiger partial charge in [-0.25, -0.2) is 0 Å². The highest BCUT2D eigenvalue weighted by atomic mass is 79.9. The third kappa shape index (κ3) is 3.00. The van der Waals surface area contributed by atoms with Gasteiger partial charge in [-0.1, -0.05) is 29.8 Å². The number of hydrogen-bond donors (Lipinski definition) is 2. The van der Waals surface area contributed by atoms with Crippen molar-refractivity contribution in [1.82, 2.24) is 4.98 Å². The number of aromatic nitrogens is 1. The molecular weight excluding hydrogens is 326 g/mol. The highest BCUT2D eigenvalue weighted by Gasteiger charge is 2.26. The van der Waals surface area contributed by atoms with E-state index in [9.17, 15) is 0 Å². The third-order valence-corrected chi connectivity index (χ3v) is 5.11. The average Bonchev–Trinajstić information content (AvgIpc) is 2.44. The lowest BCUT2D eigenvalue weighted by Gasteiger charge is -2.34. The second kappa shape index (κ2) is 5.84. The van der Waals surface area contributed by atoms with E-state index in [0.717, 1.165) is 32.7 Å². The number of nitrogens with zero attached hydrogens (tertiary/aromatic N) is 1. The van der Waals surface area contributed by atoms with Crippen molar-refractivity contribution in [2.45, 2.75) is 39.2 Å². The van der Waals surface area contributed by atoms with Gasteiger partial charge in [0.15, 0.2) is 0 Å². The Morgan fingerprint density at radius 1 is 1.29 bits per heavy atom. The monoisotopic (exact) mass is 347 g/mol. The highest BCUT2D eigenvalue weighted by Crippen LogP contribution is 2.35. The van der Waals surface area contributed by atoms with E-state index in [0.29, 0.717) is 12.0 Å². The van der Waals surface area contributed by atoms with Crippen molar-refractivity contribution in [1.29, 1.82) is 0 Å². The SMILES string of the molecule is CC1CCC(Nc2c(N)cnc3ccc(Br)cc23)C(C)C1. The lowest BCUT2D eigenvalue weighted by Crippen LogP contribution is -2.33. The summed E-state index contributed by atoms with van der Waals surface area (Å²) >= 11 is 3.54. The molecule has 1 heterocycles. The van der Waals surface area contributed by atoms with Crippen molar-refractivity contribution in [3.05, 3.63) is 28.9 Å². The van der Waals surface area contributed by atoms with Crippen LogP contribution in [0, 0.1) is 11.8 Å². The number of benzene rings is 1. The first-order valence-corrected chi connectivity index (χ1v) is 8.44. The van der Waals surface area contributed by atoms with Crippen LogP contribution in [0.15, 0.2) is 28.9 Å². The molecule has 1 aliphatic rings. The van der Waals surface area contributed by atoms with E-state index in [4.69, 9.17) is 5.73 Å². The molecule has 1 aromatic carbocycles. The van der Waals surface area contributed by atoms with Crippen molar-refractivity contribution < 1.29 is 0 Å². The smallest absolute Gasteiger partial charge is 0.0743 e. The van der Waals surface area contributed by atoms with E-state index < -0.39 is 0 Å². The van der Waals surface area contributed by atoms with Crippen LogP contribution in [0.4, 0.5) is 11.4 Å². The normalized spacial score (nSPS) is 26.0. The van der Waals surface area contributed by atoms with Crippen LogP contribution in [0.2, 0.25) is 0 Å². The van der Waals surface area contributed by atoms with Gasteiger partial charge in [-0.2, -0.15) is 0 Å². The summed E-state index contributed by atoms with van der Waals surface area (Å²) in [6.07, 6.45) is 5.53. The Bertz CT molecular complexity index is 651.